The third kappa shape index (κ3) is 3.43. The molecule has 1 saturated heterocycles. The molecule has 25 heavy (non-hydrogen) atoms. The number of hydrogen-bond acceptors (Lipinski definition) is 5. The molecule has 0 spiro atoms. The van der Waals surface area contributed by atoms with Gasteiger partial charge in [-0.3, -0.25) is 14.8 Å². The van der Waals surface area contributed by atoms with Crippen molar-refractivity contribution in [2.45, 2.75) is 25.9 Å². The molecule has 1 atom stereocenters. The van der Waals surface area contributed by atoms with Gasteiger partial charge in [-0.25, -0.2) is 4.98 Å². The molecule has 0 aliphatic carbocycles. The first kappa shape index (κ1) is 16.2. The number of para-hydroxylation sites is 1. The third-order valence-corrected chi connectivity index (χ3v) is 4.88. The summed E-state index contributed by atoms with van der Waals surface area (Å²) >= 11 is 0. The number of anilines is 1. The van der Waals surface area contributed by atoms with Gasteiger partial charge in [-0.15, -0.1) is 0 Å². The molecule has 7 nitrogen and oxygen atoms in total. The number of aromatic amines is 1. The molecule has 1 amide bonds. The molecule has 0 unspecified atom stereocenters. The number of aromatic nitrogens is 3. The molecule has 1 fully saturated rings. The molecule has 0 bridgehead atoms. The van der Waals surface area contributed by atoms with Gasteiger partial charge in [0.25, 0.3) is 0 Å². The van der Waals surface area contributed by atoms with E-state index in [9.17, 15) is 4.79 Å². The van der Waals surface area contributed by atoms with Gasteiger partial charge in [-0.05, 0) is 25.0 Å². The van der Waals surface area contributed by atoms with Gasteiger partial charge >= 0.3 is 0 Å². The smallest absolute Gasteiger partial charge is 0.228 e. The number of hydrogen-bond donors (Lipinski definition) is 1. The van der Waals surface area contributed by atoms with Crippen molar-refractivity contribution < 1.29 is 9.53 Å². The monoisotopic (exact) mass is 341 g/mol. The number of fused-ring (bicyclic) bond motifs is 1. The summed E-state index contributed by atoms with van der Waals surface area (Å²) in [5.41, 5.74) is 2.34. The van der Waals surface area contributed by atoms with E-state index in [1.54, 1.807) is 0 Å². The van der Waals surface area contributed by atoms with Crippen molar-refractivity contribution in [2.75, 3.05) is 37.7 Å². The number of nitrogens with one attached hydrogen (secondary N) is 1. The Kier molecular flexibility index (Phi) is 4.50. The van der Waals surface area contributed by atoms with E-state index in [1.807, 2.05) is 30.0 Å². The molecule has 4 rings (SSSR count). The summed E-state index contributed by atoms with van der Waals surface area (Å²) < 4.78 is 5.78. The van der Waals surface area contributed by atoms with Gasteiger partial charge < -0.3 is 9.64 Å². The van der Waals surface area contributed by atoms with Gasteiger partial charge in [0.05, 0.1) is 6.61 Å². The van der Waals surface area contributed by atoms with Crippen LogP contribution in [0.25, 0.3) is 0 Å². The second-order valence-electron chi connectivity index (χ2n) is 6.61. The van der Waals surface area contributed by atoms with Crippen molar-refractivity contribution in [2.24, 2.45) is 0 Å². The second-order valence-corrected chi connectivity index (χ2v) is 6.61. The van der Waals surface area contributed by atoms with Crippen molar-refractivity contribution in [3.8, 4) is 0 Å². The Morgan fingerprint density at radius 1 is 1.36 bits per heavy atom. The molecule has 2 aromatic rings. The van der Waals surface area contributed by atoms with Crippen LogP contribution in [0.5, 0.6) is 0 Å². The predicted molar refractivity (Wildman–Crippen MR) is 93.4 cm³/mol. The van der Waals surface area contributed by atoms with Crippen LogP contribution in [0, 0.1) is 6.92 Å². The molecule has 1 aromatic heterocycles. The minimum atomic E-state index is -0.124. The number of carbonyl (C=O) groups is 1. The number of amides is 1. The van der Waals surface area contributed by atoms with Crippen LogP contribution in [0.15, 0.2) is 24.3 Å². The Bertz CT molecular complexity index is 759. The minimum Gasteiger partial charge on any atom is -0.367 e. The molecule has 7 heteroatoms. The average Bonchev–Trinajstić information content (AvgIpc) is 3.26. The first-order chi connectivity index (χ1) is 12.2. The van der Waals surface area contributed by atoms with E-state index in [-0.39, 0.29) is 12.0 Å². The van der Waals surface area contributed by atoms with Crippen molar-refractivity contribution in [1.29, 1.82) is 0 Å². The summed E-state index contributed by atoms with van der Waals surface area (Å²) in [4.78, 5) is 21.2. The topological polar surface area (TPSA) is 74.3 Å². The molecule has 0 radical (unpaired) electrons. The van der Waals surface area contributed by atoms with Crippen LogP contribution in [-0.4, -0.2) is 58.8 Å². The van der Waals surface area contributed by atoms with E-state index >= 15 is 0 Å². The van der Waals surface area contributed by atoms with E-state index in [4.69, 9.17) is 4.74 Å². The minimum absolute atomic E-state index is 0.124. The number of H-pyrrole nitrogens is 1. The largest absolute Gasteiger partial charge is 0.367 e. The number of aryl methyl sites for hydroxylation is 1. The van der Waals surface area contributed by atoms with Crippen LogP contribution >= 0.6 is 0 Å². The van der Waals surface area contributed by atoms with Crippen LogP contribution in [0.4, 0.5) is 5.69 Å². The molecule has 2 aliphatic heterocycles. The second kappa shape index (κ2) is 6.93. The van der Waals surface area contributed by atoms with Crippen LogP contribution in [0.1, 0.15) is 29.7 Å². The van der Waals surface area contributed by atoms with Crippen molar-refractivity contribution >= 4 is 11.6 Å². The quantitative estimate of drug-likeness (QED) is 0.911. The molecule has 1 aromatic carbocycles. The Labute approximate surface area is 147 Å². The van der Waals surface area contributed by atoms with E-state index in [0.29, 0.717) is 18.9 Å². The van der Waals surface area contributed by atoms with E-state index in [2.05, 4.69) is 26.1 Å². The molecule has 1 N–H and O–H groups in total. The standard InChI is InChI=1S/C18H23N5O2/c1-13-19-18(21-20-13)16-12-22(10-11-25-16)8-7-17(24)23-9-6-14-4-2-3-5-15(14)23/h2-5,16H,6-12H2,1H3,(H,19,20,21)/t16-/m1/s1. The summed E-state index contributed by atoms with van der Waals surface area (Å²) in [7, 11) is 0. The number of carbonyl (C=O) groups excluding carboxylic acids is 1. The number of ether oxygens (including phenoxy) is 1. The van der Waals surface area contributed by atoms with Crippen LogP contribution in [0.3, 0.4) is 0 Å². The molecule has 132 valence electrons. The van der Waals surface area contributed by atoms with Gasteiger partial charge in [0.15, 0.2) is 5.82 Å². The highest BCUT2D eigenvalue weighted by Crippen LogP contribution is 2.28. The van der Waals surface area contributed by atoms with Crippen molar-refractivity contribution in [3.63, 3.8) is 0 Å². The summed E-state index contributed by atoms with van der Waals surface area (Å²) in [5, 5.41) is 7.05. The SMILES string of the molecule is Cc1nc([C@H]2CN(CCC(=O)N3CCc4ccccc43)CCO2)n[nH]1. The Balaban J connectivity index is 1.33. The summed E-state index contributed by atoms with van der Waals surface area (Å²) in [6, 6.07) is 8.17. The Hall–Kier alpha value is -2.25. The molecule has 3 heterocycles. The summed E-state index contributed by atoms with van der Waals surface area (Å²) in [6.45, 7) is 5.61. The van der Waals surface area contributed by atoms with Crippen molar-refractivity contribution in [1.82, 2.24) is 20.1 Å². The van der Waals surface area contributed by atoms with Gasteiger partial charge in [-0.2, -0.15) is 5.10 Å². The average molecular weight is 341 g/mol. The number of nitrogens with zero attached hydrogens (tertiary/aromatic N) is 4. The maximum Gasteiger partial charge on any atom is 0.228 e. The predicted octanol–water partition coefficient (Wildman–Crippen LogP) is 1.47. The van der Waals surface area contributed by atoms with Crippen LogP contribution < -0.4 is 4.90 Å². The lowest BCUT2D eigenvalue weighted by atomic mass is 10.2. The molecule has 0 saturated carbocycles. The van der Waals surface area contributed by atoms with Gasteiger partial charge in [0.2, 0.25) is 5.91 Å². The van der Waals surface area contributed by atoms with E-state index < -0.39 is 0 Å². The first-order valence-corrected chi connectivity index (χ1v) is 8.82. The Morgan fingerprint density at radius 3 is 3.08 bits per heavy atom. The fourth-order valence-corrected chi connectivity index (χ4v) is 3.55. The highest BCUT2D eigenvalue weighted by Gasteiger charge is 2.27. The number of benzene rings is 1. The van der Waals surface area contributed by atoms with E-state index in [0.717, 1.165) is 44.1 Å². The zero-order chi connectivity index (χ0) is 17.2. The van der Waals surface area contributed by atoms with Gasteiger partial charge in [0, 0.05) is 38.3 Å². The third-order valence-electron chi connectivity index (χ3n) is 4.88. The zero-order valence-electron chi connectivity index (χ0n) is 14.4. The Morgan fingerprint density at radius 2 is 2.24 bits per heavy atom. The first-order valence-electron chi connectivity index (χ1n) is 8.82. The normalized spacial score (nSPS) is 20.7. The lowest BCUT2D eigenvalue weighted by Crippen LogP contribution is -2.41. The number of morpholine rings is 1. The molecular formula is C18H23N5O2. The summed E-state index contributed by atoms with van der Waals surface area (Å²) in [6.07, 6.45) is 1.35. The summed E-state index contributed by atoms with van der Waals surface area (Å²) in [5.74, 6) is 1.68. The molecule has 2 aliphatic rings. The number of rotatable bonds is 4. The van der Waals surface area contributed by atoms with Gasteiger partial charge in [-0.1, -0.05) is 18.2 Å². The maximum absolute atomic E-state index is 12.6. The van der Waals surface area contributed by atoms with Crippen molar-refractivity contribution in [3.05, 3.63) is 41.5 Å². The van der Waals surface area contributed by atoms with E-state index in [1.165, 1.54) is 5.56 Å². The lowest BCUT2D eigenvalue weighted by Gasteiger charge is -2.31. The van der Waals surface area contributed by atoms with Crippen LogP contribution in [-0.2, 0) is 16.0 Å². The highest BCUT2D eigenvalue weighted by atomic mass is 16.5. The lowest BCUT2D eigenvalue weighted by molar-refractivity contribution is -0.119. The zero-order valence-corrected chi connectivity index (χ0v) is 14.4. The van der Waals surface area contributed by atoms with Gasteiger partial charge in [0.1, 0.15) is 11.9 Å². The van der Waals surface area contributed by atoms with Crippen LogP contribution in [0.2, 0.25) is 0 Å². The molecular weight excluding hydrogens is 318 g/mol. The fraction of sp³-hybridized carbons (Fsp3) is 0.500. The highest BCUT2D eigenvalue weighted by molar-refractivity contribution is 5.95. The fourth-order valence-electron chi connectivity index (χ4n) is 3.55. The maximum atomic E-state index is 12.6.